The van der Waals surface area contributed by atoms with E-state index < -0.39 is 23.3 Å². The molecule has 2 aromatic carbocycles. The van der Waals surface area contributed by atoms with Crippen LogP contribution in [-0.4, -0.2) is 89.4 Å². The fourth-order valence-corrected chi connectivity index (χ4v) is 9.51. The van der Waals surface area contributed by atoms with E-state index in [0.717, 1.165) is 30.7 Å². The molecule has 0 radical (unpaired) electrons. The summed E-state index contributed by atoms with van der Waals surface area (Å²) >= 11 is 7.97. The predicted octanol–water partition coefficient (Wildman–Crippen LogP) is 6.23. The van der Waals surface area contributed by atoms with Crippen LogP contribution in [0.3, 0.4) is 0 Å². The number of hydrogen-bond acceptors (Lipinski definition) is 10. The van der Waals surface area contributed by atoms with Gasteiger partial charge in [0.2, 0.25) is 5.91 Å². The number of nitrogen functional groups attached to an aromatic ring is 1. The Morgan fingerprint density at radius 3 is 2.88 bits per heavy atom. The number of carbonyl (C=O) groups is 1. The Kier molecular flexibility index (Phi) is 8.20. The first-order chi connectivity index (χ1) is 24.1. The summed E-state index contributed by atoms with van der Waals surface area (Å²) in [6, 6.07) is 4.31. The summed E-state index contributed by atoms with van der Waals surface area (Å²) in [4.78, 5) is 27.8. The molecule has 0 saturated carbocycles. The molecule has 8 rings (SSSR count). The number of anilines is 2. The van der Waals surface area contributed by atoms with Crippen LogP contribution < -0.4 is 20.1 Å². The van der Waals surface area contributed by atoms with Gasteiger partial charge in [0.1, 0.15) is 41.0 Å². The van der Waals surface area contributed by atoms with E-state index in [-0.39, 0.29) is 84.6 Å². The Morgan fingerprint density at radius 1 is 1.24 bits per heavy atom. The molecule has 0 bridgehead atoms. The van der Waals surface area contributed by atoms with Crippen molar-refractivity contribution in [3.63, 3.8) is 0 Å². The van der Waals surface area contributed by atoms with E-state index in [2.05, 4.69) is 16.5 Å². The molecule has 4 aliphatic heterocycles. The van der Waals surface area contributed by atoms with Crippen LogP contribution in [0.5, 0.6) is 11.8 Å². The highest BCUT2D eigenvalue weighted by atomic mass is 35.5. The van der Waals surface area contributed by atoms with Gasteiger partial charge < -0.3 is 25.0 Å². The number of rotatable bonds is 6. The fraction of sp³-hybridized carbons (Fsp3) is 0.429. The molecule has 3 saturated heterocycles. The number of likely N-dealkylation sites (tertiary alicyclic amines) is 1. The Morgan fingerprint density at radius 2 is 2.08 bits per heavy atom. The van der Waals surface area contributed by atoms with Gasteiger partial charge in [-0.05, 0) is 49.9 Å². The first-order valence-corrected chi connectivity index (χ1v) is 17.8. The number of carbonyl (C=O) groups excluding carboxylic acids is 1. The number of aromatic nitrogens is 2. The van der Waals surface area contributed by atoms with Gasteiger partial charge in [-0.2, -0.15) is 15.2 Å². The van der Waals surface area contributed by atoms with Crippen LogP contribution in [0.15, 0.2) is 24.8 Å². The summed E-state index contributed by atoms with van der Waals surface area (Å²) in [6.45, 7) is 6.46. The molecule has 1 unspecified atom stereocenters. The summed E-state index contributed by atoms with van der Waals surface area (Å²) in [5, 5.41) is 10.3. The summed E-state index contributed by atoms with van der Waals surface area (Å²) in [6.07, 6.45) is 3.49. The Labute approximate surface area is 294 Å². The smallest absolute Gasteiger partial charge is 0.319 e. The molecule has 4 aliphatic rings. The number of nitrogens with two attached hydrogens (primary N) is 1. The number of benzene rings is 2. The van der Waals surface area contributed by atoms with Crippen LogP contribution >= 0.6 is 22.9 Å². The lowest BCUT2D eigenvalue weighted by atomic mass is 9.95. The van der Waals surface area contributed by atoms with Gasteiger partial charge in [0.25, 0.3) is 0 Å². The minimum atomic E-state index is -0.970. The molecular weight excluding hydrogens is 691 g/mol. The molecule has 10 nitrogen and oxygen atoms in total. The topological polar surface area (TPSA) is 121 Å². The largest absolute Gasteiger partial charge is 0.491 e. The van der Waals surface area contributed by atoms with E-state index in [1.54, 1.807) is 4.90 Å². The molecule has 260 valence electrons. The van der Waals surface area contributed by atoms with Gasteiger partial charge in [-0.3, -0.25) is 9.69 Å². The van der Waals surface area contributed by atoms with Crippen LogP contribution in [0.1, 0.15) is 37.7 Å². The van der Waals surface area contributed by atoms with E-state index in [1.165, 1.54) is 18.2 Å². The molecule has 3 fully saturated rings. The van der Waals surface area contributed by atoms with Crippen molar-refractivity contribution in [3.8, 4) is 29.0 Å². The quantitative estimate of drug-likeness (QED) is 0.231. The first-order valence-electron chi connectivity index (χ1n) is 16.6. The summed E-state index contributed by atoms with van der Waals surface area (Å²) in [5.74, 6) is -1.16. The molecule has 6 heterocycles. The van der Waals surface area contributed by atoms with E-state index in [9.17, 15) is 14.4 Å². The average molecular weight is 724 g/mol. The lowest BCUT2D eigenvalue weighted by molar-refractivity contribution is -0.125. The zero-order valence-electron chi connectivity index (χ0n) is 27.0. The zero-order chi connectivity index (χ0) is 34.9. The molecular formula is C35H33ClF3N7O3S. The fourth-order valence-electron chi connectivity index (χ4n) is 8.23. The van der Waals surface area contributed by atoms with Crippen molar-refractivity contribution >= 4 is 60.7 Å². The number of halogens is 4. The maximum absolute atomic E-state index is 17.3. The molecule has 2 N–H and O–H groups in total. The monoisotopic (exact) mass is 723 g/mol. The van der Waals surface area contributed by atoms with Crippen molar-refractivity contribution in [1.82, 2.24) is 19.8 Å². The van der Waals surface area contributed by atoms with Gasteiger partial charge in [0.15, 0.2) is 11.6 Å². The second-order valence-corrected chi connectivity index (χ2v) is 14.8. The van der Waals surface area contributed by atoms with E-state index in [1.807, 2.05) is 11.0 Å². The SMILES string of the molecule is C=CC(=O)N1CCC(N2CCCOc3c(Cl)c(-c4ccc(F)c5sc(N)c(C#N)c45)c(F)c4nc(OC[C@@]56CCCN5C[C@H](F)C6)nc2c34)C1. The van der Waals surface area contributed by atoms with Gasteiger partial charge in [0, 0.05) is 49.6 Å². The molecule has 1 amide bonds. The van der Waals surface area contributed by atoms with Crippen LogP contribution in [0.25, 0.3) is 32.1 Å². The second kappa shape index (κ2) is 12.5. The number of fused-ring (bicyclic) bond motifs is 2. The highest BCUT2D eigenvalue weighted by Crippen LogP contribution is 2.51. The summed E-state index contributed by atoms with van der Waals surface area (Å²) in [5.41, 5.74) is 5.50. The maximum atomic E-state index is 17.3. The lowest BCUT2D eigenvalue weighted by Crippen LogP contribution is -2.43. The Hall–Kier alpha value is -4.32. The third kappa shape index (κ3) is 5.12. The predicted molar refractivity (Wildman–Crippen MR) is 186 cm³/mol. The molecule has 3 atom stereocenters. The second-order valence-electron chi connectivity index (χ2n) is 13.3. The van der Waals surface area contributed by atoms with Crippen LogP contribution in [0, 0.1) is 23.0 Å². The van der Waals surface area contributed by atoms with Crippen LogP contribution in [-0.2, 0) is 4.79 Å². The van der Waals surface area contributed by atoms with E-state index in [0.29, 0.717) is 51.3 Å². The molecule has 4 aromatic rings. The molecule has 50 heavy (non-hydrogen) atoms. The molecule has 0 aliphatic carbocycles. The standard InChI is InChI=1S/C35H33ClF3N7O3S/c1-2-23(47)44-11-7-19(16-44)46-10-4-12-48-30-26-29(42-34(43-33(26)46)49-17-35-8-3-9-45(35)15-18(37)13-35)28(39)25(27(30)36)20-5-6-22(38)31-24(20)21(14-40)32(41)50-31/h2,5-6,18-19H,1,3-4,7-13,15-17,41H2/t18-,19?,35+/m1/s1. The highest BCUT2D eigenvalue weighted by Gasteiger charge is 2.49. The van der Waals surface area contributed by atoms with Crippen LogP contribution in [0.4, 0.5) is 24.0 Å². The molecule has 0 spiro atoms. The van der Waals surface area contributed by atoms with E-state index in [4.69, 9.17) is 31.8 Å². The van der Waals surface area contributed by atoms with Crippen molar-refractivity contribution in [2.24, 2.45) is 0 Å². The van der Waals surface area contributed by atoms with Crippen molar-refractivity contribution in [2.75, 3.05) is 56.6 Å². The third-order valence-corrected chi connectivity index (χ3v) is 11.9. The van der Waals surface area contributed by atoms with Crippen LogP contribution in [0.2, 0.25) is 5.02 Å². The Balaban J connectivity index is 1.34. The Bertz CT molecular complexity index is 2130. The highest BCUT2D eigenvalue weighted by molar-refractivity contribution is 7.23. The number of ether oxygens (including phenoxy) is 2. The first kappa shape index (κ1) is 32.9. The van der Waals surface area contributed by atoms with Crippen molar-refractivity contribution in [2.45, 2.75) is 49.9 Å². The number of thiophene rings is 1. The van der Waals surface area contributed by atoms with E-state index >= 15 is 8.78 Å². The van der Waals surface area contributed by atoms with Crippen molar-refractivity contribution < 1.29 is 27.4 Å². The number of alkyl halides is 1. The van der Waals surface area contributed by atoms with Gasteiger partial charge in [-0.1, -0.05) is 24.2 Å². The summed E-state index contributed by atoms with van der Waals surface area (Å²) in [7, 11) is 0. The average Bonchev–Trinajstić information content (AvgIpc) is 3.87. The van der Waals surface area contributed by atoms with Gasteiger partial charge in [-0.25, -0.2) is 13.2 Å². The number of amides is 1. The zero-order valence-corrected chi connectivity index (χ0v) is 28.6. The maximum Gasteiger partial charge on any atom is 0.319 e. The molecule has 2 aromatic heterocycles. The normalized spacial score (nSPS) is 23.5. The minimum Gasteiger partial charge on any atom is -0.491 e. The third-order valence-electron chi connectivity index (χ3n) is 10.5. The van der Waals surface area contributed by atoms with Crippen molar-refractivity contribution in [3.05, 3.63) is 47.0 Å². The number of hydrogen-bond donors (Lipinski definition) is 1. The lowest BCUT2D eigenvalue weighted by Gasteiger charge is -2.34. The number of nitrogens with zero attached hydrogens (tertiary/aromatic N) is 6. The molecule has 15 heteroatoms. The van der Waals surface area contributed by atoms with Gasteiger partial charge >= 0.3 is 6.01 Å². The van der Waals surface area contributed by atoms with Gasteiger partial charge in [0.05, 0.1) is 32.8 Å². The number of nitriles is 1. The van der Waals surface area contributed by atoms with Crippen molar-refractivity contribution in [1.29, 1.82) is 5.26 Å². The summed E-state index contributed by atoms with van der Waals surface area (Å²) < 4.78 is 59.6. The van der Waals surface area contributed by atoms with Gasteiger partial charge in [-0.15, -0.1) is 11.3 Å². The minimum absolute atomic E-state index is 0.0141.